The molecule has 7 nitrogen and oxygen atoms in total. The van der Waals surface area contributed by atoms with Crippen molar-refractivity contribution < 1.29 is 23.8 Å². The molecule has 0 spiro atoms. The Hall–Kier alpha value is -2.32. The molecule has 1 fully saturated rings. The molecule has 2 heterocycles. The van der Waals surface area contributed by atoms with Crippen LogP contribution in [-0.4, -0.2) is 46.8 Å². The fourth-order valence-electron chi connectivity index (χ4n) is 2.71. The van der Waals surface area contributed by atoms with Gasteiger partial charge in [0.1, 0.15) is 11.4 Å². The van der Waals surface area contributed by atoms with Crippen molar-refractivity contribution in [2.75, 3.05) is 19.8 Å². The molecule has 1 amide bonds. The fourth-order valence-corrected chi connectivity index (χ4v) is 2.84. The number of hydrogen-bond donors (Lipinski definition) is 2. The number of hydrogen-bond acceptors (Lipinski definition) is 4. The Kier molecular flexibility index (Phi) is 5.40. The lowest BCUT2D eigenvalue weighted by atomic mass is 9.97. The number of amides is 1. The molecule has 1 aromatic heterocycles. The standard InChI is InChI=1S/C16H17ClFN3O4/c17-11-6-19-21(7-11)15-2-1-12(5-13(15)18)25-9-10-8-24-4-3-14(10)20-16(22)23/h1-2,5-7,10,14,20H,3-4,8-9H2,(H,22,23)/t10-,14+/m1/s1. The van der Waals surface area contributed by atoms with Crippen molar-refractivity contribution in [3.05, 3.63) is 41.4 Å². The largest absolute Gasteiger partial charge is 0.493 e. The van der Waals surface area contributed by atoms with E-state index in [0.29, 0.717) is 30.4 Å². The van der Waals surface area contributed by atoms with E-state index in [-0.39, 0.29) is 24.3 Å². The molecule has 2 N–H and O–H groups in total. The molecule has 25 heavy (non-hydrogen) atoms. The van der Waals surface area contributed by atoms with Crippen LogP contribution in [-0.2, 0) is 4.74 Å². The fraction of sp³-hybridized carbons (Fsp3) is 0.375. The Morgan fingerprint density at radius 3 is 3.08 bits per heavy atom. The Morgan fingerprint density at radius 2 is 2.40 bits per heavy atom. The van der Waals surface area contributed by atoms with Gasteiger partial charge in [-0.1, -0.05) is 11.6 Å². The normalized spacial score (nSPS) is 20.2. The summed E-state index contributed by atoms with van der Waals surface area (Å²) in [5, 5.41) is 15.7. The van der Waals surface area contributed by atoms with Crippen molar-refractivity contribution in [3.63, 3.8) is 0 Å². The second kappa shape index (κ2) is 7.71. The van der Waals surface area contributed by atoms with E-state index >= 15 is 0 Å². The number of carboxylic acid groups (broad SMARTS) is 1. The number of rotatable bonds is 5. The van der Waals surface area contributed by atoms with Gasteiger partial charge in [-0.05, 0) is 18.6 Å². The maximum atomic E-state index is 14.3. The number of nitrogens with zero attached hydrogens (tertiary/aromatic N) is 2. The molecule has 0 bridgehead atoms. The van der Waals surface area contributed by atoms with Gasteiger partial charge in [0, 0.05) is 30.8 Å². The van der Waals surface area contributed by atoms with Gasteiger partial charge in [-0.25, -0.2) is 13.9 Å². The van der Waals surface area contributed by atoms with Crippen LogP contribution in [0.4, 0.5) is 9.18 Å². The van der Waals surface area contributed by atoms with Crippen LogP contribution in [0.25, 0.3) is 5.69 Å². The van der Waals surface area contributed by atoms with E-state index in [0.717, 1.165) is 0 Å². The first-order chi connectivity index (χ1) is 12.0. The lowest BCUT2D eigenvalue weighted by Gasteiger charge is -2.31. The number of benzene rings is 1. The zero-order valence-corrected chi connectivity index (χ0v) is 13.9. The molecular weight excluding hydrogens is 353 g/mol. The van der Waals surface area contributed by atoms with Gasteiger partial charge < -0.3 is 19.9 Å². The Morgan fingerprint density at radius 1 is 1.56 bits per heavy atom. The van der Waals surface area contributed by atoms with Crippen LogP contribution in [0, 0.1) is 11.7 Å². The number of carbonyl (C=O) groups is 1. The summed E-state index contributed by atoms with van der Waals surface area (Å²) in [5.41, 5.74) is 0.255. The van der Waals surface area contributed by atoms with E-state index < -0.39 is 11.9 Å². The third kappa shape index (κ3) is 4.40. The zero-order chi connectivity index (χ0) is 17.8. The third-order valence-corrected chi connectivity index (χ3v) is 4.16. The van der Waals surface area contributed by atoms with Gasteiger partial charge in [-0.15, -0.1) is 0 Å². The molecule has 0 radical (unpaired) electrons. The molecule has 3 rings (SSSR count). The van der Waals surface area contributed by atoms with Crippen LogP contribution >= 0.6 is 11.6 Å². The zero-order valence-electron chi connectivity index (χ0n) is 13.2. The van der Waals surface area contributed by atoms with Crippen LogP contribution in [0.5, 0.6) is 5.75 Å². The summed E-state index contributed by atoms with van der Waals surface area (Å²) in [6.45, 7) is 1.10. The topological polar surface area (TPSA) is 85.6 Å². The van der Waals surface area contributed by atoms with Gasteiger partial charge in [0.2, 0.25) is 0 Å². The predicted molar refractivity (Wildman–Crippen MR) is 87.9 cm³/mol. The Bertz CT molecular complexity index is 755. The predicted octanol–water partition coefficient (Wildman–Crippen LogP) is 2.72. The minimum absolute atomic E-state index is 0.141. The van der Waals surface area contributed by atoms with Crippen LogP contribution in [0.2, 0.25) is 5.02 Å². The lowest BCUT2D eigenvalue weighted by Crippen LogP contribution is -2.47. The molecule has 2 atom stereocenters. The minimum Gasteiger partial charge on any atom is -0.493 e. The second-order valence-corrected chi connectivity index (χ2v) is 6.14. The number of ether oxygens (including phenoxy) is 2. The van der Waals surface area contributed by atoms with E-state index in [1.807, 2.05) is 0 Å². The third-order valence-electron chi connectivity index (χ3n) is 3.96. The number of aromatic nitrogens is 2. The molecule has 0 saturated carbocycles. The van der Waals surface area contributed by atoms with Crippen molar-refractivity contribution in [2.24, 2.45) is 5.92 Å². The SMILES string of the molecule is O=C(O)N[C@H]1CCOC[C@@H]1COc1ccc(-n2cc(Cl)cn2)c(F)c1. The lowest BCUT2D eigenvalue weighted by molar-refractivity contribution is 0.0139. The van der Waals surface area contributed by atoms with E-state index in [2.05, 4.69) is 10.4 Å². The van der Waals surface area contributed by atoms with Gasteiger partial charge in [-0.2, -0.15) is 5.10 Å². The Balaban J connectivity index is 1.64. The highest BCUT2D eigenvalue weighted by atomic mass is 35.5. The monoisotopic (exact) mass is 369 g/mol. The summed E-state index contributed by atoms with van der Waals surface area (Å²) in [7, 11) is 0. The van der Waals surface area contributed by atoms with Gasteiger partial charge in [0.05, 0.1) is 24.4 Å². The van der Waals surface area contributed by atoms with Crippen molar-refractivity contribution in [1.29, 1.82) is 0 Å². The minimum atomic E-state index is -1.08. The maximum Gasteiger partial charge on any atom is 0.404 e. The van der Waals surface area contributed by atoms with Crippen molar-refractivity contribution in [1.82, 2.24) is 15.1 Å². The van der Waals surface area contributed by atoms with Crippen molar-refractivity contribution in [3.8, 4) is 11.4 Å². The molecule has 1 aliphatic heterocycles. The van der Waals surface area contributed by atoms with Crippen LogP contribution in [0.15, 0.2) is 30.6 Å². The summed E-state index contributed by atoms with van der Waals surface area (Å²) in [4.78, 5) is 10.8. The van der Waals surface area contributed by atoms with E-state index in [4.69, 9.17) is 26.2 Å². The number of nitrogens with one attached hydrogen (secondary N) is 1. The molecule has 134 valence electrons. The van der Waals surface area contributed by atoms with Crippen molar-refractivity contribution in [2.45, 2.75) is 12.5 Å². The molecular formula is C16H17ClFN3O4. The highest BCUT2D eigenvalue weighted by Gasteiger charge is 2.27. The van der Waals surface area contributed by atoms with Crippen LogP contribution in [0.3, 0.4) is 0 Å². The molecule has 1 aliphatic rings. The molecule has 0 aliphatic carbocycles. The smallest absolute Gasteiger partial charge is 0.404 e. The number of halogens is 2. The summed E-state index contributed by atoms with van der Waals surface area (Å²) < 4.78 is 26.6. The second-order valence-electron chi connectivity index (χ2n) is 5.71. The molecule has 1 aromatic carbocycles. The quantitative estimate of drug-likeness (QED) is 0.846. The first-order valence-electron chi connectivity index (χ1n) is 7.73. The average molecular weight is 370 g/mol. The van der Waals surface area contributed by atoms with Gasteiger partial charge in [0.25, 0.3) is 0 Å². The summed E-state index contributed by atoms with van der Waals surface area (Å²) in [6, 6.07) is 4.17. The van der Waals surface area contributed by atoms with E-state index in [1.165, 1.54) is 23.1 Å². The first-order valence-corrected chi connectivity index (χ1v) is 8.11. The first kappa shape index (κ1) is 17.5. The van der Waals surface area contributed by atoms with Gasteiger partial charge in [0.15, 0.2) is 5.82 Å². The maximum absolute atomic E-state index is 14.3. The van der Waals surface area contributed by atoms with E-state index in [9.17, 15) is 9.18 Å². The molecule has 9 heteroatoms. The van der Waals surface area contributed by atoms with Crippen LogP contribution in [0.1, 0.15) is 6.42 Å². The van der Waals surface area contributed by atoms with Crippen LogP contribution < -0.4 is 10.1 Å². The van der Waals surface area contributed by atoms with E-state index in [1.54, 1.807) is 12.1 Å². The molecule has 2 aromatic rings. The highest BCUT2D eigenvalue weighted by molar-refractivity contribution is 6.30. The summed E-state index contributed by atoms with van der Waals surface area (Å²) >= 11 is 5.79. The molecule has 0 unspecified atom stereocenters. The van der Waals surface area contributed by atoms with Gasteiger partial charge in [-0.3, -0.25) is 0 Å². The average Bonchev–Trinajstić information content (AvgIpc) is 3.00. The van der Waals surface area contributed by atoms with Gasteiger partial charge >= 0.3 is 6.09 Å². The summed E-state index contributed by atoms with van der Waals surface area (Å²) in [6.07, 6.45) is 2.42. The molecule has 1 saturated heterocycles. The Labute approximate surface area is 148 Å². The summed E-state index contributed by atoms with van der Waals surface area (Å²) in [5.74, 6) is -0.297. The highest BCUT2D eigenvalue weighted by Crippen LogP contribution is 2.22. The van der Waals surface area contributed by atoms with Crippen molar-refractivity contribution >= 4 is 17.7 Å².